The molecule has 2 fully saturated rings. The Morgan fingerprint density at radius 2 is 2.41 bits per heavy atom. The van der Waals surface area contributed by atoms with Crippen molar-refractivity contribution in [2.24, 2.45) is 5.92 Å². The van der Waals surface area contributed by atoms with Crippen molar-refractivity contribution in [2.45, 2.75) is 45.3 Å². The van der Waals surface area contributed by atoms with Crippen LogP contribution in [0.4, 0.5) is 5.13 Å². The van der Waals surface area contributed by atoms with Gasteiger partial charge >= 0.3 is 0 Å². The SMILES string of the molecule is CCn1nc(C)cc1C(=O)N1CCC[C@@]2(C[C@H](CNc3nccs3)CO2)C1. The fraction of sp³-hybridized carbons (Fsp3) is 0.632. The van der Waals surface area contributed by atoms with E-state index < -0.39 is 0 Å². The Kier molecular flexibility index (Phi) is 5.19. The van der Waals surface area contributed by atoms with Crippen LogP contribution in [0.5, 0.6) is 0 Å². The van der Waals surface area contributed by atoms with Gasteiger partial charge in [-0.3, -0.25) is 9.48 Å². The van der Waals surface area contributed by atoms with Crippen LogP contribution in [0.2, 0.25) is 0 Å². The first kappa shape index (κ1) is 18.4. The second-order valence-electron chi connectivity index (χ2n) is 7.60. The summed E-state index contributed by atoms with van der Waals surface area (Å²) < 4.78 is 8.07. The van der Waals surface area contributed by atoms with Gasteiger partial charge in [-0.05, 0) is 39.2 Å². The Labute approximate surface area is 163 Å². The van der Waals surface area contributed by atoms with Gasteiger partial charge in [-0.25, -0.2) is 4.98 Å². The molecule has 0 radical (unpaired) electrons. The fourth-order valence-electron chi connectivity index (χ4n) is 4.29. The zero-order valence-corrected chi connectivity index (χ0v) is 16.8. The molecule has 2 aliphatic rings. The second kappa shape index (κ2) is 7.59. The van der Waals surface area contributed by atoms with E-state index in [2.05, 4.69) is 15.4 Å². The van der Waals surface area contributed by atoms with Gasteiger partial charge in [0.2, 0.25) is 0 Å². The van der Waals surface area contributed by atoms with Crippen molar-refractivity contribution in [2.75, 3.05) is 31.6 Å². The molecule has 1 amide bonds. The Hall–Kier alpha value is -1.93. The summed E-state index contributed by atoms with van der Waals surface area (Å²) in [5, 5.41) is 10.8. The van der Waals surface area contributed by atoms with E-state index >= 15 is 0 Å². The molecule has 2 aromatic heterocycles. The number of carbonyl (C=O) groups excluding carboxylic acids is 1. The molecular formula is C19H27N5O2S. The Balaban J connectivity index is 1.39. The lowest BCUT2D eigenvalue weighted by atomic mass is 9.86. The zero-order chi connectivity index (χ0) is 18.9. The molecular weight excluding hydrogens is 362 g/mol. The number of carbonyl (C=O) groups is 1. The molecule has 1 spiro atoms. The van der Waals surface area contributed by atoms with Crippen LogP contribution in [-0.2, 0) is 11.3 Å². The number of ether oxygens (including phenoxy) is 1. The number of nitrogens with one attached hydrogen (secondary N) is 1. The van der Waals surface area contributed by atoms with Gasteiger partial charge in [0, 0.05) is 37.1 Å². The second-order valence-corrected chi connectivity index (χ2v) is 8.49. The van der Waals surface area contributed by atoms with Crippen molar-refractivity contribution in [1.82, 2.24) is 19.7 Å². The maximum atomic E-state index is 13.1. The molecule has 0 aromatic carbocycles. The highest BCUT2D eigenvalue weighted by atomic mass is 32.1. The van der Waals surface area contributed by atoms with Crippen LogP contribution in [0, 0.1) is 12.8 Å². The number of anilines is 1. The third-order valence-electron chi connectivity index (χ3n) is 5.51. The molecule has 0 aliphatic carbocycles. The van der Waals surface area contributed by atoms with Crippen LogP contribution >= 0.6 is 11.3 Å². The van der Waals surface area contributed by atoms with E-state index in [1.807, 2.05) is 36.4 Å². The normalized spacial score (nSPS) is 25.3. The number of hydrogen-bond acceptors (Lipinski definition) is 6. The summed E-state index contributed by atoms with van der Waals surface area (Å²) in [6, 6.07) is 1.89. The summed E-state index contributed by atoms with van der Waals surface area (Å²) in [5.41, 5.74) is 1.37. The number of amides is 1. The van der Waals surface area contributed by atoms with E-state index in [-0.39, 0.29) is 11.5 Å². The fourth-order valence-corrected chi connectivity index (χ4v) is 4.83. The molecule has 4 heterocycles. The lowest BCUT2D eigenvalue weighted by Gasteiger charge is -2.39. The molecule has 0 saturated carbocycles. The molecule has 1 N–H and O–H groups in total. The number of likely N-dealkylation sites (tertiary alicyclic amines) is 1. The summed E-state index contributed by atoms with van der Waals surface area (Å²) in [6.07, 6.45) is 4.81. The van der Waals surface area contributed by atoms with Crippen molar-refractivity contribution in [1.29, 1.82) is 0 Å². The first-order valence-electron chi connectivity index (χ1n) is 9.69. The number of thiazole rings is 1. The largest absolute Gasteiger partial charge is 0.373 e. The third kappa shape index (κ3) is 3.87. The molecule has 2 atom stereocenters. The van der Waals surface area contributed by atoms with Gasteiger partial charge in [0.15, 0.2) is 5.13 Å². The van der Waals surface area contributed by atoms with Gasteiger partial charge in [-0.2, -0.15) is 5.10 Å². The topological polar surface area (TPSA) is 72.3 Å². The molecule has 2 aliphatic heterocycles. The number of aryl methyl sites for hydroxylation is 2. The molecule has 4 rings (SSSR count). The lowest BCUT2D eigenvalue weighted by Crippen LogP contribution is -2.50. The number of hydrogen-bond donors (Lipinski definition) is 1. The maximum absolute atomic E-state index is 13.1. The smallest absolute Gasteiger partial charge is 0.272 e. The van der Waals surface area contributed by atoms with Gasteiger partial charge in [-0.1, -0.05) is 0 Å². The van der Waals surface area contributed by atoms with Gasteiger partial charge in [0.05, 0.1) is 24.4 Å². The molecule has 146 valence electrons. The number of rotatable bonds is 5. The van der Waals surface area contributed by atoms with Crippen LogP contribution in [0.25, 0.3) is 0 Å². The maximum Gasteiger partial charge on any atom is 0.272 e. The molecule has 8 heteroatoms. The van der Waals surface area contributed by atoms with E-state index in [1.165, 1.54) is 0 Å². The highest BCUT2D eigenvalue weighted by Crippen LogP contribution is 2.38. The van der Waals surface area contributed by atoms with Gasteiger partial charge < -0.3 is 15.0 Å². The van der Waals surface area contributed by atoms with Crippen LogP contribution in [-0.4, -0.2) is 57.4 Å². The third-order valence-corrected chi connectivity index (χ3v) is 6.24. The molecule has 7 nitrogen and oxygen atoms in total. The van der Waals surface area contributed by atoms with Crippen molar-refractivity contribution in [3.8, 4) is 0 Å². The van der Waals surface area contributed by atoms with Crippen LogP contribution in [0.15, 0.2) is 17.6 Å². The summed E-state index contributed by atoms with van der Waals surface area (Å²) in [7, 11) is 0. The highest BCUT2D eigenvalue weighted by molar-refractivity contribution is 7.13. The van der Waals surface area contributed by atoms with Gasteiger partial charge in [-0.15, -0.1) is 11.3 Å². The van der Waals surface area contributed by atoms with E-state index in [0.717, 1.165) is 49.8 Å². The predicted molar refractivity (Wildman–Crippen MR) is 105 cm³/mol. The van der Waals surface area contributed by atoms with E-state index in [4.69, 9.17) is 4.74 Å². The van der Waals surface area contributed by atoms with Crippen molar-refractivity contribution in [3.63, 3.8) is 0 Å². The van der Waals surface area contributed by atoms with Gasteiger partial charge in [0.1, 0.15) is 5.69 Å². The van der Waals surface area contributed by atoms with Gasteiger partial charge in [0.25, 0.3) is 5.91 Å². The van der Waals surface area contributed by atoms with Crippen LogP contribution in [0.3, 0.4) is 0 Å². The average molecular weight is 390 g/mol. The monoisotopic (exact) mass is 389 g/mol. The Morgan fingerprint density at radius 3 is 3.19 bits per heavy atom. The van der Waals surface area contributed by atoms with E-state index in [1.54, 1.807) is 16.0 Å². The minimum Gasteiger partial charge on any atom is -0.373 e. The predicted octanol–water partition coefficient (Wildman–Crippen LogP) is 2.79. The molecule has 27 heavy (non-hydrogen) atoms. The molecule has 0 bridgehead atoms. The summed E-state index contributed by atoms with van der Waals surface area (Å²) in [5.74, 6) is 0.525. The summed E-state index contributed by atoms with van der Waals surface area (Å²) >= 11 is 1.62. The minimum atomic E-state index is -0.199. The summed E-state index contributed by atoms with van der Waals surface area (Å²) in [4.78, 5) is 19.3. The standard InChI is InChI=1S/C19H27N5O2S/c1-3-24-16(9-14(2)22-24)17(25)23-7-4-5-19(13-23)10-15(12-26-19)11-21-18-20-6-8-27-18/h6,8-9,15H,3-5,7,10-13H2,1-2H3,(H,20,21)/t15-,19-/m1/s1. The highest BCUT2D eigenvalue weighted by Gasteiger charge is 2.44. The number of aromatic nitrogens is 3. The van der Waals surface area contributed by atoms with E-state index in [9.17, 15) is 4.79 Å². The first-order chi connectivity index (χ1) is 13.1. The van der Waals surface area contributed by atoms with Crippen molar-refractivity contribution >= 4 is 22.4 Å². The van der Waals surface area contributed by atoms with Crippen molar-refractivity contribution < 1.29 is 9.53 Å². The van der Waals surface area contributed by atoms with E-state index in [0.29, 0.717) is 24.7 Å². The minimum absolute atomic E-state index is 0.0736. The van der Waals surface area contributed by atoms with Crippen molar-refractivity contribution in [3.05, 3.63) is 29.0 Å². The van der Waals surface area contributed by atoms with Crippen LogP contribution in [0.1, 0.15) is 42.4 Å². The Bertz CT molecular complexity index is 790. The number of nitrogens with zero attached hydrogens (tertiary/aromatic N) is 4. The first-order valence-corrected chi connectivity index (χ1v) is 10.6. The summed E-state index contributed by atoms with van der Waals surface area (Å²) in [6.45, 7) is 7.72. The molecule has 2 aromatic rings. The molecule has 0 unspecified atom stereocenters. The Morgan fingerprint density at radius 1 is 1.52 bits per heavy atom. The number of piperidine rings is 1. The zero-order valence-electron chi connectivity index (χ0n) is 16.0. The lowest BCUT2D eigenvalue weighted by molar-refractivity contribution is -0.0451. The van der Waals surface area contributed by atoms with Crippen LogP contribution < -0.4 is 5.32 Å². The molecule has 2 saturated heterocycles. The quantitative estimate of drug-likeness (QED) is 0.851. The average Bonchev–Trinajstić information content (AvgIpc) is 3.40.